The van der Waals surface area contributed by atoms with Crippen LogP contribution < -0.4 is 5.73 Å². The number of halogens is 4. The first kappa shape index (κ1) is 21.8. The van der Waals surface area contributed by atoms with Gasteiger partial charge in [-0.15, -0.1) is 0 Å². The summed E-state index contributed by atoms with van der Waals surface area (Å²) < 4.78 is 16.7. The van der Waals surface area contributed by atoms with Crippen LogP contribution in [-0.2, 0) is 6.54 Å². The third kappa shape index (κ3) is 3.65. The highest BCUT2D eigenvalue weighted by Crippen LogP contribution is 2.39. The van der Waals surface area contributed by atoms with E-state index in [0.717, 1.165) is 16.6 Å². The molecule has 0 bridgehead atoms. The zero-order chi connectivity index (χ0) is 23.3. The van der Waals surface area contributed by atoms with Crippen molar-refractivity contribution in [3.8, 4) is 11.1 Å². The summed E-state index contributed by atoms with van der Waals surface area (Å²) in [6.45, 7) is 0.183. The summed E-state index contributed by atoms with van der Waals surface area (Å²) >= 11 is 18.9. The molecule has 1 radical (unpaired) electrons. The quantitative estimate of drug-likeness (QED) is 0.275. The minimum Gasteiger partial charge on any atom is -0.366 e. The number of carbonyl (C=O) groups is 1. The molecular formula is C26H15Cl3FN2O. The molecule has 1 amide bonds. The fourth-order valence-electron chi connectivity index (χ4n) is 4.19. The van der Waals surface area contributed by atoms with Crippen LogP contribution in [-0.4, -0.2) is 10.5 Å². The molecule has 0 aliphatic carbocycles. The van der Waals surface area contributed by atoms with Crippen LogP contribution in [0.5, 0.6) is 0 Å². The molecule has 0 atom stereocenters. The summed E-state index contributed by atoms with van der Waals surface area (Å²) in [7, 11) is 0. The van der Waals surface area contributed by atoms with Gasteiger partial charge in [0.15, 0.2) is 0 Å². The van der Waals surface area contributed by atoms with Gasteiger partial charge in [-0.05, 0) is 54.1 Å². The molecule has 0 spiro atoms. The lowest BCUT2D eigenvalue weighted by atomic mass is 10.0. The van der Waals surface area contributed by atoms with E-state index >= 15 is 0 Å². The van der Waals surface area contributed by atoms with Crippen LogP contribution in [0.3, 0.4) is 0 Å². The number of amides is 1. The molecule has 0 fully saturated rings. The standard InChI is InChI=1S/C26H15Cl3FN2O/c27-18-6-3-7-19(28)23(18)14-10-11-16-22(12-14)32(13-15-4-1-8-20(29)25(15)30)21-9-2-5-17(24(16)21)26(31)33/h1-10,12H,13H2,(H2,31,33). The highest BCUT2D eigenvalue weighted by molar-refractivity contribution is 6.39. The summed E-state index contributed by atoms with van der Waals surface area (Å²) in [4.78, 5) is 12.2. The van der Waals surface area contributed by atoms with Crippen molar-refractivity contribution in [3.05, 3.63) is 105 Å². The normalized spacial score (nSPS) is 11.4. The molecule has 0 unspecified atom stereocenters. The molecular weight excluding hydrogens is 482 g/mol. The van der Waals surface area contributed by atoms with Crippen molar-refractivity contribution in [2.24, 2.45) is 5.73 Å². The zero-order valence-corrected chi connectivity index (χ0v) is 19.3. The zero-order valence-electron chi connectivity index (χ0n) is 17.0. The molecule has 1 heterocycles. The summed E-state index contributed by atoms with van der Waals surface area (Å²) in [5.41, 5.74) is 9.30. The van der Waals surface area contributed by atoms with Gasteiger partial charge in [-0.1, -0.05) is 59.1 Å². The van der Waals surface area contributed by atoms with Crippen molar-refractivity contribution >= 4 is 62.5 Å². The van der Waals surface area contributed by atoms with Crippen LogP contribution in [0.25, 0.3) is 32.9 Å². The average Bonchev–Trinajstić information content (AvgIpc) is 3.10. The van der Waals surface area contributed by atoms with Crippen molar-refractivity contribution in [2.75, 3.05) is 0 Å². The van der Waals surface area contributed by atoms with E-state index < -0.39 is 11.7 Å². The lowest BCUT2D eigenvalue weighted by molar-refractivity contribution is 0.100. The molecule has 7 heteroatoms. The highest BCUT2D eigenvalue weighted by atomic mass is 35.5. The fourth-order valence-corrected chi connectivity index (χ4v) is 5.00. The second kappa shape index (κ2) is 8.38. The smallest absolute Gasteiger partial charge is 0.249 e. The van der Waals surface area contributed by atoms with Gasteiger partial charge in [-0.2, -0.15) is 0 Å². The molecule has 3 nitrogen and oxygen atoms in total. The van der Waals surface area contributed by atoms with Crippen LogP contribution in [0.2, 0.25) is 15.1 Å². The SMILES string of the molecule is NC(=O)c1cccc2c1c1[c]cc(-c3c(Cl)cccc3Cl)cc1n2Cc1cccc(Cl)c1F. The first-order valence-corrected chi connectivity index (χ1v) is 11.1. The number of benzene rings is 4. The minimum atomic E-state index is -0.555. The van der Waals surface area contributed by atoms with E-state index in [1.54, 1.807) is 48.5 Å². The van der Waals surface area contributed by atoms with Gasteiger partial charge in [0.05, 0.1) is 22.6 Å². The molecule has 33 heavy (non-hydrogen) atoms. The number of hydrogen-bond acceptors (Lipinski definition) is 1. The maximum absolute atomic E-state index is 14.8. The summed E-state index contributed by atoms with van der Waals surface area (Å²) in [5, 5.41) is 2.38. The Morgan fingerprint density at radius 3 is 2.33 bits per heavy atom. The molecule has 5 rings (SSSR count). The Morgan fingerprint density at radius 2 is 1.61 bits per heavy atom. The van der Waals surface area contributed by atoms with Crippen LogP contribution in [0.4, 0.5) is 4.39 Å². The van der Waals surface area contributed by atoms with Gasteiger partial charge < -0.3 is 10.3 Å². The topological polar surface area (TPSA) is 48.0 Å². The number of aromatic nitrogens is 1. The molecule has 1 aromatic heterocycles. The molecule has 0 saturated heterocycles. The summed E-state index contributed by atoms with van der Waals surface area (Å²) in [6, 6.07) is 22.4. The van der Waals surface area contributed by atoms with Gasteiger partial charge in [0, 0.05) is 37.5 Å². The average molecular weight is 497 g/mol. The Balaban J connectivity index is 1.85. The molecule has 0 saturated carbocycles. The Labute approximate surface area is 204 Å². The van der Waals surface area contributed by atoms with E-state index in [4.69, 9.17) is 40.5 Å². The number of primary amides is 1. The van der Waals surface area contributed by atoms with Gasteiger partial charge in [-0.3, -0.25) is 4.79 Å². The van der Waals surface area contributed by atoms with Gasteiger partial charge in [0.2, 0.25) is 5.91 Å². The highest BCUT2D eigenvalue weighted by Gasteiger charge is 2.19. The van der Waals surface area contributed by atoms with E-state index in [2.05, 4.69) is 6.07 Å². The van der Waals surface area contributed by atoms with Crippen LogP contribution in [0.1, 0.15) is 15.9 Å². The number of nitrogens with zero attached hydrogens (tertiary/aromatic N) is 1. The predicted molar refractivity (Wildman–Crippen MR) is 133 cm³/mol. The largest absolute Gasteiger partial charge is 0.366 e. The first-order chi connectivity index (χ1) is 15.9. The second-order valence-electron chi connectivity index (χ2n) is 7.61. The van der Waals surface area contributed by atoms with Crippen molar-refractivity contribution in [2.45, 2.75) is 6.54 Å². The van der Waals surface area contributed by atoms with Crippen molar-refractivity contribution in [1.29, 1.82) is 0 Å². The fraction of sp³-hybridized carbons (Fsp3) is 0.0385. The van der Waals surface area contributed by atoms with E-state index in [0.29, 0.717) is 37.5 Å². The molecule has 5 aromatic rings. The Hall–Kier alpha value is -3.05. The molecule has 2 N–H and O–H groups in total. The van der Waals surface area contributed by atoms with Gasteiger partial charge >= 0.3 is 0 Å². The number of nitrogens with two attached hydrogens (primary N) is 1. The number of fused-ring (bicyclic) bond motifs is 3. The van der Waals surface area contributed by atoms with Crippen molar-refractivity contribution < 1.29 is 9.18 Å². The summed E-state index contributed by atoms with van der Waals surface area (Å²) in [5.74, 6) is -1.05. The Kier molecular flexibility index (Phi) is 5.53. The van der Waals surface area contributed by atoms with Crippen LogP contribution >= 0.6 is 34.8 Å². The Morgan fingerprint density at radius 1 is 0.939 bits per heavy atom. The molecule has 163 valence electrons. The van der Waals surface area contributed by atoms with Crippen LogP contribution in [0, 0.1) is 11.9 Å². The van der Waals surface area contributed by atoms with Gasteiger partial charge in [0.1, 0.15) is 5.82 Å². The maximum Gasteiger partial charge on any atom is 0.249 e. The van der Waals surface area contributed by atoms with E-state index in [9.17, 15) is 9.18 Å². The van der Waals surface area contributed by atoms with Crippen molar-refractivity contribution in [1.82, 2.24) is 4.57 Å². The van der Waals surface area contributed by atoms with Crippen molar-refractivity contribution in [3.63, 3.8) is 0 Å². The number of rotatable bonds is 4. The van der Waals surface area contributed by atoms with Gasteiger partial charge in [0.25, 0.3) is 0 Å². The molecule has 4 aromatic carbocycles. The maximum atomic E-state index is 14.8. The monoisotopic (exact) mass is 495 g/mol. The van der Waals surface area contributed by atoms with E-state index in [1.165, 1.54) is 6.07 Å². The second-order valence-corrected chi connectivity index (χ2v) is 8.83. The first-order valence-electron chi connectivity index (χ1n) is 10.0. The predicted octanol–water partition coefficient (Wildman–Crippen LogP) is 7.51. The van der Waals surface area contributed by atoms with Crippen LogP contribution in [0.15, 0.2) is 66.7 Å². The third-order valence-corrected chi connectivity index (χ3v) is 6.59. The third-order valence-electron chi connectivity index (χ3n) is 5.67. The lowest BCUT2D eigenvalue weighted by Gasteiger charge is -2.11. The number of carbonyl (C=O) groups excluding carboxylic acids is 1. The number of hydrogen-bond donors (Lipinski definition) is 1. The van der Waals surface area contributed by atoms with E-state index in [-0.39, 0.29) is 11.6 Å². The summed E-state index contributed by atoms with van der Waals surface area (Å²) in [6.07, 6.45) is 0. The lowest BCUT2D eigenvalue weighted by Crippen LogP contribution is -2.11. The molecule has 0 aliphatic rings. The van der Waals surface area contributed by atoms with E-state index in [1.807, 2.05) is 16.7 Å². The molecule has 0 aliphatic heterocycles. The Bertz CT molecular complexity index is 1560. The minimum absolute atomic E-state index is 0.0428. The van der Waals surface area contributed by atoms with Gasteiger partial charge in [-0.25, -0.2) is 4.39 Å².